The lowest BCUT2D eigenvalue weighted by Gasteiger charge is -2.15. The molecular formula is C11H13F2N. The van der Waals surface area contributed by atoms with E-state index >= 15 is 0 Å². The van der Waals surface area contributed by atoms with E-state index in [1.807, 2.05) is 7.05 Å². The maximum Gasteiger partial charge on any atom is 0.129 e. The van der Waals surface area contributed by atoms with Crippen molar-refractivity contribution in [1.29, 1.82) is 0 Å². The molecule has 3 heteroatoms. The Morgan fingerprint density at radius 3 is 2.57 bits per heavy atom. The van der Waals surface area contributed by atoms with Gasteiger partial charge in [0.15, 0.2) is 0 Å². The number of halogens is 2. The van der Waals surface area contributed by atoms with Crippen LogP contribution in [0.1, 0.15) is 18.4 Å². The number of benzene rings is 1. The third kappa shape index (κ3) is 1.52. The molecule has 0 atom stereocenters. The number of hydrogen-bond acceptors (Lipinski definition) is 1. The van der Waals surface area contributed by atoms with E-state index in [-0.39, 0.29) is 5.41 Å². The Bertz CT molecular complexity index is 345. The van der Waals surface area contributed by atoms with Crippen molar-refractivity contribution in [2.75, 3.05) is 13.6 Å². The largest absolute Gasteiger partial charge is 0.319 e. The molecule has 76 valence electrons. The van der Waals surface area contributed by atoms with Crippen molar-refractivity contribution in [1.82, 2.24) is 5.32 Å². The van der Waals surface area contributed by atoms with Crippen molar-refractivity contribution in [2.24, 2.45) is 0 Å². The Kier molecular flexibility index (Phi) is 2.27. The molecule has 0 spiro atoms. The highest BCUT2D eigenvalue weighted by Crippen LogP contribution is 2.48. The van der Waals surface area contributed by atoms with E-state index in [0.29, 0.717) is 5.56 Å². The normalized spacial score (nSPS) is 18.2. The van der Waals surface area contributed by atoms with Gasteiger partial charge in [-0.15, -0.1) is 0 Å². The molecule has 0 unspecified atom stereocenters. The quantitative estimate of drug-likeness (QED) is 0.783. The first kappa shape index (κ1) is 9.59. The van der Waals surface area contributed by atoms with Crippen LogP contribution in [-0.4, -0.2) is 13.6 Å². The van der Waals surface area contributed by atoms with E-state index in [0.717, 1.165) is 25.5 Å². The molecular weight excluding hydrogens is 184 g/mol. The number of rotatable bonds is 3. The standard InChI is InChI=1S/C11H13F2N/c1-14-7-11(4-5-11)9-3-2-8(12)6-10(9)13/h2-3,6,14H,4-5,7H2,1H3. The first-order valence-electron chi connectivity index (χ1n) is 4.78. The first-order valence-corrected chi connectivity index (χ1v) is 4.78. The predicted molar refractivity (Wildman–Crippen MR) is 51.2 cm³/mol. The fraction of sp³-hybridized carbons (Fsp3) is 0.455. The summed E-state index contributed by atoms with van der Waals surface area (Å²) in [5, 5.41) is 3.05. The van der Waals surface area contributed by atoms with Gasteiger partial charge in [-0.05, 0) is 31.5 Å². The van der Waals surface area contributed by atoms with Crippen LogP contribution in [0.2, 0.25) is 0 Å². The third-order valence-electron chi connectivity index (χ3n) is 2.87. The average Bonchev–Trinajstić information content (AvgIpc) is 2.86. The van der Waals surface area contributed by atoms with Gasteiger partial charge in [0.25, 0.3) is 0 Å². The molecule has 0 aromatic heterocycles. The van der Waals surface area contributed by atoms with Gasteiger partial charge in [-0.1, -0.05) is 6.07 Å². The molecule has 1 saturated carbocycles. The molecule has 0 heterocycles. The van der Waals surface area contributed by atoms with E-state index in [1.54, 1.807) is 6.07 Å². The molecule has 1 N–H and O–H groups in total. The van der Waals surface area contributed by atoms with Crippen LogP contribution in [0.3, 0.4) is 0 Å². The summed E-state index contributed by atoms with van der Waals surface area (Å²) in [6, 6.07) is 3.86. The van der Waals surface area contributed by atoms with Gasteiger partial charge in [0.05, 0.1) is 0 Å². The summed E-state index contributed by atoms with van der Waals surface area (Å²) in [6.45, 7) is 0.759. The lowest BCUT2D eigenvalue weighted by molar-refractivity contribution is 0.535. The van der Waals surface area contributed by atoms with Crippen LogP contribution in [0.5, 0.6) is 0 Å². The van der Waals surface area contributed by atoms with Crippen LogP contribution in [0, 0.1) is 11.6 Å². The average molecular weight is 197 g/mol. The van der Waals surface area contributed by atoms with Crippen molar-refractivity contribution in [3.63, 3.8) is 0 Å². The Labute approximate surface area is 82.1 Å². The van der Waals surface area contributed by atoms with E-state index < -0.39 is 11.6 Å². The Balaban J connectivity index is 2.32. The molecule has 1 aliphatic rings. The maximum absolute atomic E-state index is 13.4. The van der Waals surface area contributed by atoms with Gasteiger partial charge in [-0.25, -0.2) is 8.78 Å². The van der Waals surface area contributed by atoms with Crippen LogP contribution < -0.4 is 5.32 Å². The van der Waals surface area contributed by atoms with Gasteiger partial charge in [0.1, 0.15) is 11.6 Å². The summed E-state index contributed by atoms with van der Waals surface area (Å²) in [5.41, 5.74) is 0.570. The maximum atomic E-state index is 13.4. The summed E-state index contributed by atoms with van der Waals surface area (Å²) in [5.74, 6) is -0.927. The summed E-state index contributed by atoms with van der Waals surface area (Å²) in [6.07, 6.45) is 1.97. The molecule has 0 aliphatic heterocycles. The third-order valence-corrected chi connectivity index (χ3v) is 2.87. The van der Waals surface area contributed by atoms with Gasteiger partial charge in [-0.3, -0.25) is 0 Å². The fourth-order valence-corrected chi connectivity index (χ4v) is 1.95. The number of nitrogens with one attached hydrogen (secondary N) is 1. The van der Waals surface area contributed by atoms with E-state index in [1.165, 1.54) is 6.07 Å². The topological polar surface area (TPSA) is 12.0 Å². The second kappa shape index (κ2) is 3.31. The highest BCUT2D eigenvalue weighted by atomic mass is 19.1. The van der Waals surface area contributed by atoms with Crippen LogP contribution in [0.15, 0.2) is 18.2 Å². The second-order valence-corrected chi connectivity index (χ2v) is 3.93. The fourth-order valence-electron chi connectivity index (χ4n) is 1.95. The minimum atomic E-state index is -0.508. The zero-order chi connectivity index (χ0) is 10.2. The second-order valence-electron chi connectivity index (χ2n) is 3.93. The molecule has 1 aromatic carbocycles. The van der Waals surface area contributed by atoms with Gasteiger partial charge in [0, 0.05) is 18.0 Å². The van der Waals surface area contributed by atoms with Gasteiger partial charge >= 0.3 is 0 Å². The van der Waals surface area contributed by atoms with E-state index in [4.69, 9.17) is 0 Å². The van der Waals surface area contributed by atoms with Gasteiger partial charge in [-0.2, -0.15) is 0 Å². The molecule has 0 saturated heterocycles. The first-order chi connectivity index (χ1) is 6.68. The Hall–Kier alpha value is -0.960. The lowest BCUT2D eigenvalue weighted by Crippen LogP contribution is -2.24. The number of likely N-dealkylation sites (N-methyl/N-ethyl adjacent to an activating group) is 1. The molecule has 14 heavy (non-hydrogen) atoms. The van der Waals surface area contributed by atoms with Gasteiger partial charge in [0.2, 0.25) is 0 Å². The molecule has 0 amide bonds. The number of hydrogen-bond donors (Lipinski definition) is 1. The minimum Gasteiger partial charge on any atom is -0.319 e. The van der Waals surface area contributed by atoms with Crippen molar-refractivity contribution in [3.05, 3.63) is 35.4 Å². The van der Waals surface area contributed by atoms with Crippen LogP contribution in [-0.2, 0) is 5.41 Å². The van der Waals surface area contributed by atoms with Crippen molar-refractivity contribution < 1.29 is 8.78 Å². The lowest BCUT2D eigenvalue weighted by atomic mass is 9.95. The molecule has 0 bridgehead atoms. The molecule has 1 nitrogen and oxygen atoms in total. The summed E-state index contributed by atoms with van der Waals surface area (Å²) < 4.78 is 26.1. The smallest absolute Gasteiger partial charge is 0.129 e. The minimum absolute atomic E-state index is 0.0769. The summed E-state index contributed by atoms with van der Waals surface area (Å²) in [7, 11) is 1.85. The van der Waals surface area contributed by atoms with E-state index in [2.05, 4.69) is 5.32 Å². The van der Waals surface area contributed by atoms with Crippen LogP contribution >= 0.6 is 0 Å². The van der Waals surface area contributed by atoms with Gasteiger partial charge < -0.3 is 5.32 Å². The monoisotopic (exact) mass is 197 g/mol. The predicted octanol–water partition coefficient (Wildman–Crippen LogP) is 2.22. The Morgan fingerprint density at radius 1 is 1.36 bits per heavy atom. The SMILES string of the molecule is CNCC1(c2ccc(F)cc2F)CC1. The molecule has 0 radical (unpaired) electrons. The Morgan fingerprint density at radius 2 is 2.07 bits per heavy atom. The molecule has 1 fully saturated rings. The van der Waals surface area contributed by atoms with E-state index in [9.17, 15) is 8.78 Å². The van der Waals surface area contributed by atoms with Crippen LogP contribution in [0.4, 0.5) is 8.78 Å². The van der Waals surface area contributed by atoms with Crippen molar-refractivity contribution >= 4 is 0 Å². The summed E-state index contributed by atoms with van der Waals surface area (Å²) in [4.78, 5) is 0. The van der Waals surface area contributed by atoms with Crippen molar-refractivity contribution in [3.8, 4) is 0 Å². The zero-order valence-electron chi connectivity index (χ0n) is 8.11. The zero-order valence-corrected chi connectivity index (χ0v) is 8.11. The molecule has 2 rings (SSSR count). The van der Waals surface area contributed by atoms with Crippen LogP contribution in [0.25, 0.3) is 0 Å². The molecule has 1 aromatic rings. The highest BCUT2D eigenvalue weighted by Gasteiger charge is 2.45. The summed E-state index contributed by atoms with van der Waals surface area (Å²) >= 11 is 0. The molecule has 1 aliphatic carbocycles. The highest BCUT2D eigenvalue weighted by molar-refractivity contribution is 5.33. The van der Waals surface area contributed by atoms with Crippen molar-refractivity contribution in [2.45, 2.75) is 18.3 Å².